The van der Waals surface area contributed by atoms with Gasteiger partial charge in [0.25, 0.3) is 0 Å². The number of hydrogen-bond acceptors (Lipinski definition) is 4. The monoisotopic (exact) mass is 357 g/mol. The van der Waals surface area contributed by atoms with E-state index in [1.165, 1.54) is 6.07 Å². The van der Waals surface area contributed by atoms with Crippen LogP contribution in [0, 0.1) is 0 Å². The van der Waals surface area contributed by atoms with Crippen LogP contribution in [0.1, 0.15) is 18.4 Å². The quantitative estimate of drug-likeness (QED) is 0.900. The summed E-state index contributed by atoms with van der Waals surface area (Å²) in [5, 5.41) is 2.68. The van der Waals surface area contributed by atoms with Gasteiger partial charge in [-0.1, -0.05) is 0 Å². The van der Waals surface area contributed by atoms with Gasteiger partial charge in [0.1, 0.15) is 0 Å². The van der Waals surface area contributed by atoms with E-state index in [0.29, 0.717) is 32.0 Å². The molecule has 138 valence electrons. The van der Waals surface area contributed by atoms with Crippen LogP contribution < -0.4 is 10.2 Å². The van der Waals surface area contributed by atoms with Crippen molar-refractivity contribution in [1.29, 1.82) is 0 Å². The van der Waals surface area contributed by atoms with E-state index in [9.17, 15) is 18.0 Å². The van der Waals surface area contributed by atoms with Crippen molar-refractivity contribution in [1.82, 2.24) is 4.90 Å². The third kappa shape index (κ3) is 4.64. The molecule has 1 aromatic carbocycles. The molecular formula is C17H22F3N3O2. The van der Waals surface area contributed by atoms with E-state index >= 15 is 0 Å². The summed E-state index contributed by atoms with van der Waals surface area (Å²) in [5.74, 6) is -0.304. The predicted octanol–water partition coefficient (Wildman–Crippen LogP) is 2.58. The maximum atomic E-state index is 13.0. The van der Waals surface area contributed by atoms with Gasteiger partial charge >= 0.3 is 6.18 Å². The van der Waals surface area contributed by atoms with Crippen LogP contribution in [-0.2, 0) is 15.7 Å². The number of morpholine rings is 1. The van der Waals surface area contributed by atoms with Gasteiger partial charge < -0.3 is 15.0 Å². The number of anilines is 2. The Balaban J connectivity index is 1.77. The van der Waals surface area contributed by atoms with Gasteiger partial charge in [0.15, 0.2) is 0 Å². The Labute approximate surface area is 144 Å². The largest absolute Gasteiger partial charge is 0.416 e. The minimum absolute atomic E-state index is 0.152. The van der Waals surface area contributed by atoms with Crippen LogP contribution in [0.15, 0.2) is 18.2 Å². The lowest BCUT2D eigenvalue weighted by Crippen LogP contribution is -2.41. The van der Waals surface area contributed by atoms with E-state index in [2.05, 4.69) is 5.32 Å². The summed E-state index contributed by atoms with van der Waals surface area (Å²) in [6.07, 6.45) is -2.43. The van der Waals surface area contributed by atoms with Crippen LogP contribution in [0.5, 0.6) is 0 Å². The molecule has 25 heavy (non-hydrogen) atoms. The van der Waals surface area contributed by atoms with Gasteiger partial charge in [0, 0.05) is 26.2 Å². The zero-order valence-electron chi connectivity index (χ0n) is 13.9. The molecule has 8 heteroatoms. The summed E-state index contributed by atoms with van der Waals surface area (Å²) in [7, 11) is 0. The minimum atomic E-state index is -4.44. The molecule has 1 N–H and O–H groups in total. The fourth-order valence-corrected chi connectivity index (χ4v) is 3.20. The molecule has 2 heterocycles. The molecule has 2 fully saturated rings. The van der Waals surface area contributed by atoms with Crippen LogP contribution >= 0.6 is 0 Å². The molecule has 2 aliphatic heterocycles. The molecule has 5 nitrogen and oxygen atoms in total. The molecular weight excluding hydrogens is 335 g/mol. The molecule has 2 aliphatic rings. The summed E-state index contributed by atoms with van der Waals surface area (Å²) in [6, 6.07) is 3.56. The number of halogens is 3. The fraction of sp³-hybridized carbons (Fsp3) is 0.588. The molecule has 0 aliphatic carbocycles. The third-order valence-corrected chi connectivity index (χ3v) is 4.52. The Morgan fingerprint density at radius 3 is 2.44 bits per heavy atom. The molecule has 2 saturated heterocycles. The first-order chi connectivity index (χ1) is 11.9. The van der Waals surface area contributed by atoms with Crippen LogP contribution in [0.4, 0.5) is 24.5 Å². The summed E-state index contributed by atoms with van der Waals surface area (Å²) < 4.78 is 44.3. The van der Waals surface area contributed by atoms with Gasteiger partial charge in [0.2, 0.25) is 5.91 Å². The number of nitrogens with one attached hydrogen (secondary N) is 1. The minimum Gasteiger partial charge on any atom is -0.379 e. The fourth-order valence-electron chi connectivity index (χ4n) is 3.20. The number of rotatable bonds is 4. The standard InChI is InChI=1S/C17H22F3N3O2/c18-17(19,20)13-3-4-15(23-5-1-2-6-23)14(11-13)21-16(24)12-22-7-9-25-10-8-22/h3-4,11H,1-2,5-10,12H2,(H,21,24). The second-order valence-corrected chi connectivity index (χ2v) is 6.36. The van der Waals surface area contributed by atoms with E-state index in [1.54, 1.807) is 0 Å². The summed E-state index contributed by atoms with van der Waals surface area (Å²) in [4.78, 5) is 16.3. The number of amides is 1. The van der Waals surface area contributed by atoms with E-state index in [4.69, 9.17) is 4.74 Å². The van der Waals surface area contributed by atoms with E-state index in [1.807, 2.05) is 9.80 Å². The zero-order chi connectivity index (χ0) is 17.9. The van der Waals surface area contributed by atoms with Gasteiger partial charge in [-0.2, -0.15) is 13.2 Å². The first-order valence-electron chi connectivity index (χ1n) is 8.49. The Bertz CT molecular complexity index is 610. The molecule has 3 rings (SSSR count). The Kier molecular flexibility index (Phi) is 5.48. The molecule has 0 spiro atoms. The molecule has 0 bridgehead atoms. The average Bonchev–Trinajstić information content (AvgIpc) is 3.09. The molecule has 1 aromatic rings. The second-order valence-electron chi connectivity index (χ2n) is 6.36. The molecule has 1 amide bonds. The number of carbonyl (C=O) groups is 1. The number of alkyl halides is 3. The van der Waals surface area contributed by atoms with Crippen molar-refractivity contribution in [3.63, 3.8) is 0 Å². The lowest BCUT2D eigenvalue weighted by Gasteiger charge is -2.27. The van der Waals surface area contributed by atoms with Gasteiger partial charge in [-0.3, -0.25) is 9.69 Å². The van der Waals surface area contributed by atoms with Gasteiger partial charge in [-0.15, -0.1) is 0 Å². The number of ether oxygens (including phenoxy) is 1. The van der Waals surface area contributed by atoms with Crippen molar-refractivity contribution in [2.24, 2.45) is 0 Å². The first-order valence-corrected chi connectivity index (χ1v) is 8.49. The molecule has 0 unspecified atom stereocenters. The van der Waals surface area contributed by atoms with E-state index in [-0.39, 0.29) is 18.1 Å². The van der Waals surface area contributed by atoms with Crippen molar-refractivity contribution < 1.29 is 22.7 Å². The van der Waals surface area contributed by atoms with Gasteiger partial charge in [-0.25, -0.2) is 0 Å². The van der Waals surface area contributed by atoms with Crippen molar-refractivity contribution in [2.75, 3.05) is 56.2 Å². The predicted molar refractivity (Wildman–Crippen MR) is 88.8 cm³/mol. The second kappa shape index (κ2) is 7.61. The number of nitrogens with zero attached hydrogens (tertiary/aromatic N) is 2. The highest BCUT2D eigenvalue weighted by atomic mass is 19.4. The molecule has 0 saturated carbocycles. The van der Waals surface area contributed by atoms with Crippen molar-refractivity contribution in [3.8, 4) is 0 Å². The third-order valence-electron chi connectivity index (χ3n) is 4.52. The summed E-state index contributed by atoms with van der Waals surface area (Å²) in [5.41, 5.74) is 0.132. The van der Waals surface area contributed by atoms with Crippen LogP contribution in [0.3, 0.4) is 0 Å². The highest BCUT2D eigenvalue weighted by Crippen LogP contribution is 2.36. The Morgan fingerprint density at radius 2 is 1.80 bits per heavy atom. The van der Waals surface area contributed by atoms with E-state index in [0.717, 1.165) is 38.1 Å². The van der Waals surface area contributed by atoms with Gasteiger partial charge in [0.05, 0.1) is 36.7 Å². The van der Waals surface area contributed by atoms with Crippen LogP contribution in [0.2, 0.25) is 0 Å². The first kappa shape index (κ1) is 18.0. The number of benzene rings is 1. The summed E-state index contributed by atoms with van der Waals surface area (Å²) in [6.45, 7) is 4.16. The molecule has 0 radical (unpaired) electrons. The van der Waals surface area contributed by atoms with Crippen molar-refractivity contribution in [2.45, 2.75) is 19.0 Å². The Morgan fingerprint density at radius 1 is 1.12 bits per heavy atom. The van der Waals surface area contributed by atoms with Crippen LogP contribution in [-0.4, -0.2) is 56.7 Å². The maximum Gasteiger partial charge on any atom is 0.416 e. The SMILES string of the molecule is O=C(CN1CCOCC1)Nc1cc(C(F)(F)F)ccc1N1CCCC1. The number of carbonyl (C=O) groups excluding carboxylic acids is 1. The van der Waals surface area contributed by atoms with Gasteiger partial charge in [-0.05, 0) is 31.0 Å². The molecule has 0 atom stereocenters. The normalized spacial score (nSPS) is 19.2. The van der Waals surface area contributed by atoms with Crippen molar-refractivity contribution in [3.05, 3.63) is 23.8 Å². The lowest BCUT2D eigenvalue weighted by atomic mass is 10.1. The highest BCUT2D eigenvalue weighted by molar-refractivity contribution is 5.95. The Hall–Kier alpha value is -1.80. The van der Waals surface area contributed by atoms with E-state index < -0.39 is 11.7 Å². The average molecular weight is 357 g/mol. The topological polar surface area (TPSA) is 44.8 Å². The molecule has 0 aromatic heterocycles. The zero-order valence-corrected chi connectivity index (χ0v) is 13.9. The lowest BCUT2D eigenvalue weighted by molar-refractivity contribution is -0.137. The van der Waals surface area contributed by atoms with Crippen molar-refractivity contribution >= 4 is 17.3 Å². The summed E-state index contributed by atoms with van der Waals surface area (Å²) >= 11 is 0. The smallest absolute Gasteiger partial charge is 0.379 e. The van der Waals surface area contributed by atoms with Crippen LogP contribution in [0.25, 0.3) is 0 Å². The number of hydrogen-bond donors (Lipinski definition) is 1. The maximum absolute atomic E-state index is 13.0. The highest BCUT2D eigenvalue weighted by Gasteiger charge is 2.32.